The molecule has 7 heteroatoms. The Hall–Kier alpha value is -3.79. The molecule has 3 rings (SSSR count). The maximum absolute atomic E-state index is 12.1. The zero-order chi connectivity index (χ0) is 16.9. The van der Waals surface area contributed by atoms with Crippen LogP contribution in [0.1, 0.15) is 0 Å². The summed E-state index contributed by atoms with van der Waals surface area (Å²) < 4.78 is 0. The van der Waals surface area contributed by atoms with Gasteiger partial charge in [0.25, 0.3) is 5.91 Å². The molecule has 0 bridgehead atoms. The molecule has 1 aromatic heterocycles. The first-order valence-corrected chi connectivity index (χ1v) is 7.06. The third kappa shape index (κ3) is 3.34. The minimum atomic E-state index is -0.543. The molecule has 0 radical (unpaired) electrons. The van der Waals surface area contributed by atoms with Crippen LogP contribution >= 0.6 is 0 Å². The Balaban J connectivity index is 1.72. The monoisotopic (exact) mass is 319 g/mol. The minimum absolute atomic E-state index is 0.0761. The van der Waals surface area contributed by atoms with Crippen LogP contribution in [0.4, 0.5) is 11.4 Å². The van der Waals surface area contributed by atoms with Crippen LogP contribution in [0.5, 0.6) is 5.75 Å². The van der Waals surface area contributed by atoms with Gasteiger partial charge in [-0.1, -0.05) is 0 Å². The quantitative estimate of drug-likeness (QED) is 0.335. The number of nitrogens with one attached hydrogen (secondary N) is 3. The summed E-state index contributed by atoms with van der Waals surface area (Å²) in [7, 11) is 0. The van der Waals surface area contributed by atoms with Crippen LogP contribution in [0.2, 0.25) is 0 Å². The maximum Gasteiger partial charge on any atom is 0.267 e. The summed E-state index contributed by atoms with van der Waals surface area (Å²) in [5.41, 5.74) is 1.97. The second kappa shape index (κ2) is 6.54. The molecule has 0 saturated carbocycles. The number of amides is 1. The van der Waals surface area contributed by atoms with E-state index in [1.807, 2.05) is 24.3 Å². The lowest BCUT2D eigenvalue weighted by Gasteiger charge is -2.05. The number of nitrogens with zero attached hydrogens (tertiary/aromatic N) is 2. The molecule has 118 valence electrons. The van der Waals surface area contributed by atoms with E-state index in [-0.39, 0.29) is 11.3 Å². The summed E-state index contributed by atoms with van der Waals surface area (Å²) in [5, 5.41) is 31.6. The Morgan fingerprint density at radius 1 is 1.21 bits per heavy atom. The standard InChI is InChI=1S/C17H13N5O2/c18-8-12(17(24)21-13-3-5-15(23)6-4-13)9-19-14-2-1-11-10-20-22-16(11)7-14/h1-7,9-10,19,23H,(H,20,22)(H,21,24)/b12-9-. The van der Waals surface area contributed by atoms with Gasteiger partial charge in [0, 0.05) is 23.0 Å². The molecule has 4 N–H and O–H groups in total. The van der Waals surface area contributed by atoms with E-state index in [0.717, 1.165) is 16.6 Å². The van der Waals surface area contributed by atoms with E-state index < -0.39 is 5.91 Å². The van der Waals surface area contributed by atoms with Crippen molar-refractivity contribution in [2.75, 3.05) is 10.6 Å². The van der Waals surface area contributed by atoms with Gasteiger partial charge in [-0.3, -0.25) is 9.89 Å². The van der Waals surface area contributed by atoms with Gasteiger partial charge in [0.2, 0.25) is 0 Å². The highest BCUT2D eigenvalue weighted by molar-refractivity contribution is 6.06. The normalized spacial score (nSPS) is 11.0. The lowest BCUT2D eigenvalue weighted by Crippen LogP contribution is -2.14. The van der Waals surface area contributed by atoms with Gasteiger partial charge in [-0.15, -0.1) is 0 Å². The number of carbonyl (C=O) groups is 1. The number of carbonyl (C=O) groups excluding carboxylic acids is 1. The van der Waals surface area contributed by atoms with Gasteiger partial charge in [-0.05, 0) is 42.5 Å². The number of rotatable bonds is 4. The van der Waals surface area contributed by atoms with Crippen molar-refractivity contribution < 1.29 is 9.90 Å². The Labute approximate surface area is 137 Å². The van der Waals surface area contributed by atoms with Crippen molar-refractivity contribution in [2.45, 2.75) is 0 Å². The van der Waals surface area contributed by atoms with E-state index in [9.17, 15) is 9.90 Å². The van der Waals surface area contributed by atoms with Crippen molar-refractivity contribution in [1.82, 2.24) is 10.2 Å². The predicted octanol–water partition coefficient (Wildman–Crippen LogP) is 2.73. The Morgan fingerprint density at radius 2 is 1.96 bits per heavy atom. The first-order valence-electron chi connectivity index (χ1n) is 7.06. The van der Waals surface area contributed by atoms with Gasteiger partial charge in [-0.25, -0.2) is 0 Å². The van der Waals surface area contributed by atoms with Gasteiger partial charge < -0.3 is 15.7 Å². The van der Waals surface area contributed by atoms with E-state index in [2.05, 4.69) is 20.8 Å². The molecule has 0 aliphatic heterocycles. The number of fused-ring (bicyclic) bond motifs is 1. The molecule has 0 fully saturated rings. The number of aromatic amines is 1. The first kappa shape index (κ1) is 15.1. The highest BCUT2D eigenvalue weighted by Gasteiger charge is 2.09. The number of phenols is 1. The number of benzene rings is 2. The number of aromatic hydroxyl groups is 1. The molecule has 0 saturated heterocycles. The van der Waals surface area contributed by atoms with Crippen LogP contribution in [0.3, 0.4) is 0 Å². The second-order valence-electron chi connectivity index (χ2n) is 4.99. The molecule has 0 unspecified atom stereocenters. The molecular weight excluding hydrogens is 306 g/mol. The molecule has 0 spiro atoms. The lowest BCUT2D eigenvalue weighted by molar-refractivity contribution is -0.112. The number of phenolic OH excluding ortho intramolecular Hbond substituents is 1. The topological polar surface area (TPSA) is 114 Å². The molecule has 3 aromatic rings. The van der Waals surface area contributed by atoms with Gasteiger partial charge in [0.1, 0.15) is 17.4 Å². The summed E-state index contributed by atoms with van der Waals surface area (Å²) in [6.45, 7) is 0. The van der Waals surface area contributed by atoms with E-state index >= 15 is 0 Å². The summed E-state index contributed by atoms with van der Waals surface area (Å²) in [6, 6.07) is 13.4. The number of anilines is 2. The summed E-state index contributed by atoms with van der Waals surface area (Å²) in [5.74, 6) is -0.446. The smallest absolute Gasteiger partial charge is 0.267 e. The Morgan fingerprint density at radius 3 is 2.71 bits per heavy atom. The van der Waals surface area contributed by atoms with Crippen LogP contribution in [-0.2, 0) is 4.79 Å². The van der Waals surface area contributed by atoms with Crippen LogP contribution in [0.25, 0.3) is 10.9 Å². The lowest BCUT2D eigenvalue weighted by atomic mass is 10.2. The van der Waals surface area contributed by atoms with Crippen molar-refractivity contribution in [3.05, 3.63) is 60.4 Å². The Bertz CT molecular complexity index is 951. The van der Waals surface area contributed by atoms with Crippen LogP contribution < -0.4 is 10.6 Å². The zero-order valence-electron chi connectivity index (χ0n) is 12.4. The molecule has 1 heterocycles. The average Bonchev–Trinajstić information content (AvgIpc) is 3.05. The van der Waals surface area contributed by atoms with Crippen LogP contribution in [0, 0.1) is 11.3 Å². The molecule has 1 amide bonds. The summed E-state index contributed by atoms with van der Waals surface area (Å²) in [6.07, 6.45) is 3.05. The first-order chi connectivity index (χ1) is 11.7. The zero-order valence-corrected chi connectivity index (χ0v) is 12.4. The fraction of sp³-hybridized carbons (Fsp3) is 0. The fourth-order valence-electron chi connectivity index (χ4n) is 2.07. The van der Waals surface area contributed by atoms with Crippen molar-refractivity contribution in [3.63, 3.8) is 0 Å². The van der Waals surface area contributed by atoms with E-state index in [4.69, 9.17) is 5.26 Å². The highest BCUT2D eigenvalue weighted by atomic mass is 16.3. The number of hydrogen-bond donors (Lipinski definition) is 4. The summed E-state index contributed by atoms with van der Waals surface area (Å²) >= 11 is 0. The van der Waals surface area contributed by atoms with Crippen molar-refractivity contribution in [3.8, 4) is 11.8 Å². The van der Waals surface area contributed by atoms with Gasteiger partial charge >= 0.3 is 0 Å². The van der Waals surface area contributed by atoms with E-state index in [1.54, 1.807) is 18.3 Å². The third-order valence-corrected chi connectivity index (χ3v) is 3.32. The van der Waals surface area contributed by atoms with Crippen LogP contribution in [0.15, 0.2) is 60.4 Å². The molecule has 24 heavy (non-hydrogen) atoms. The number of aromatic nitrogens is 2. The van der Waals surface area contributed by atoms with Crippen molar-refractivity contribution in [1.29, 1.82) is 5.26 Å². The number of H-pyrrole nitrogens is 1. The Kier molecular flexibility index (Phi) is 4.12. The van der Waals surface area contributed by atoms with Gasteiger partial charge in [-0.2, -0.15) is 10.4 Å². The molecule has 0 aliphatic rings. The maximum atomic E-state index is 12.1. The predicted molar refractivity (Wildman–Crippen MR) is 90.1 cm³/mol. The molecule has 2 aromatic carbocycles. The summed E-state index contributed by atoms with van der Waals surface area (Å²) in [4.78, 5) is 12.1. The number of hydrogen-bond acceptors (Lipinski definition) is 5. The molecule has 0 atom stereocenters. The van der Waals surface area contributed by atoms with Gasteiger partial charge in [0.15, 0.2) is 0 Å². The van der Waals surface area contributed by atoms with E-state index in [0.29, 0.717) is 5.69 Å². The molecule has 7 nitrogen and oxygen atoms in total. The van der Waals surface area contributed by atoms with E-state index in [1.165, 1.54) is 18.3 Å². The fourth-order valence-corrected chi connectivity index (χ4v) is 2.07. The largest absolute Gasteiger partial charge is 0.508 e. The minimum Gasteiger partial charge on any atom is -0.508 e. The third-order valence-electron chi connectivity index (χ3n) is 3.32. The average molecular weight is 319 g/mol. The van der Waals surface area contributed by atoms with Gasteiger partial charge in [0.05, 0.1) is 11.7 Å². The SMILES string of the molecule is N#C/C(=C/Nc1ccc2cn[nH]c2c1)C(=O)Nc1ccc(O)cc1. The van der Waals surface area contributed by atoms with Crippen molar-refractivity contribution >= 4 is 28.2 Å². The second-order valence-corrected chi connectivity index (χ2v) is 4.99. The molecular formula is C17H13N5O2. The molecule has 0 aliphatic carbocycles. The van der Waals surface area contributed by atoms with Crippen LogP contribution in [-0.4, -0.2) is 21.2 Å². The number of nitriles is 1. The van der Waals surface area contributed by atoms with Crippen molar-refractivity contribution in [2.24, 2.45) is 0 Å². The highest BCUT2D eigenvalue weighted by Crippen LogP contribution is 2.17.